The van der Waals surface area contributed by atoms with Crippen LogP contribution in [0.1, 0.15) is 25.8 Å². The largest absolute Gasteiger partial charge is 0.353 e. The van der Waals surface area contributed by atoms with E-state index in [1.807, 2.05) is 48.7 Å². The molecule has 1 saturated heterocycles. The second-order valence-corrected chi connectivity index (χ2v) is 9.25. The summed E-state index contributed by atoms with van der Waals surface area (Å²) >= 11 is 0. The number of aryl methyl sites for hydroxylation is 1. The monoisotopic (exact) mass is 469 g/mol. The van der Waals surface area contributed by atoms with E-state index in [0.717, 1.165) is 46.8 Å². The molecule has 0 aromatic carbocycles. The second-order valence-electron chi connectivity index (χ2n) is 9.25. The maximum Gasteiger partial charge on any atom is 0.222 e. The fraction of sp³-hybridized carbons (Fsp3) is 0.360. The number of aromatic nitrogens is 6. The van der Waals surface area contributed by atoms with Crippen molar-refractivity contribution in [3.05, 3.63) is 48.5 Å². The average Bonchev–Trinajstić information content (AvgIpc) is 3.49. The highest BCUT2D eigenvalue weighted by atomic mass is 16.2. The number of anilines is 1. The van der Waals surface area contributed by atoms with Gasteiger partial charge in [0.2, 0.25) is 5.91 Å². The first kappa shape index (κ1) is 22.5. The van der Waals surface area contributed by atoms with E-state index in [0.29, 0.717) is 31.0 Å². The number of piperazine rings is 1. The highest BCUT2D eigenvalue weighted by Crippen LogP contribution is 2.31. The average molecular weight is 470 g/mol. The van der Waals surface area contributed by atoms with Crippen LogP contribution in [0.25, 0.3) is 27.9 Å². The summed E-state index contributed by atoms with van der Waals surface area (Å²) in [5.74, 6) is 1.47. The molecule has 4 aromatic heterocycles. The van der Waals surface area contributed by atoms with Crippen molar-refractivity contribution < 1.29 is 4.79 Å². The molecule has 178 valence electrons. The minimum Gasteiger partial charge on any atom is -0.353 e. The lowest BCUT2D eigenvalue weighted by Gasteiger charge is -2.35. The van der Waals surface area contributed by atoms with E-state index in [-0.39, 0.29) is 5.91 Å². The van der Waals surface area contributed by atoms with Gasteiger partial charge in [0.15, 0.2) is 0 Å². The maximum absolute atomic E-state index is 12.4. The number of hydrogen-bond donors (Lipinski definition) is 0. The molecule has 0 saturated carbocycles. The first-order valence-electron chi connectivity index (χ1n) is 11.7. The van der Waals surface area contributed by atoms with E-state index in [1.54, 1.807) is 15.4 Å². The van der Waals surface area contributed by atoms with Crippen molar-refractivity contribution in [2.75, 3.05) is 31.1 Å². The quantitative estimate of drug-likeness (QED) is 0.442. The van der Waals surface area contributed by atoms with Crippen LogP contribution in [0, 0.1) is 17.2 Å². The molecular weight excluding hydrogens is 442 g/mol. The minimum atomic E-state index is 0.226. The number of fused-ring (bicyclic) bond motifs is 1. The van der Waals surface area contributed by atoms with Gasteiger partial charge in [0.05, 0.1) is 23.5 Å². The molecule has 10 heteroatoms. The van der Waals surface area contributed by atoms with Crippen LogP contribution in [0.4, 0.5) is 5.82 Å². The van der Waals surface area contributed by atoms with Gasteiger partial charge in [-0.15, -0.1) is 5.10 Å². The minimum absolute atomic E-state index is 0.226. The maximum atomic E-state index is 12.4. The van der Waals surface area contributed by atoms with Crippen molar-refractivity contribution in [2.24, 2.45) is 13.0 Å². The zero-order chi connectivity index (χ0) is 24.5. The zero-order valence-electron chi connectivity index (χ0n) is 20.1. The van der Waals surface area contributed by atoms with Crippen molar-refractivity contribution in [1.29, 1.82) is 5.26 Å². The van der Waals surface area contributed by atoms with Gasteiger partial charge in [0.25, 0.3) is 0 Å². The summed E-state index contributed by atoms with van der Waals surface area (Å²) in [7, 11) is 1.82. The number of hydrogen-bond acceptors (Lipinski definition) is 7. The SMILES string of the molecule is CC(C)CC(=O)N1CCN(c2ccc(-c3cc(-c4cn(C)nn4)cn4ncc(C#N)c34)cn2)CC1. The normalized spacial score (nSPS) is 14.0. The highest BCUT2D eigenvalue weighted by Gasteiger charge is 2.22. The Hall–Kier alpha value is -4.26. The molecule has 10 nitrogen and oxygen atoms in total. The van der Waals surface area contributed by atoms with Crippen LogP contribution in [0.3, 0.4) is 0 Å². The fourth-order valence-electron chi connectivity index (χ4n) is 4.44. The summed E-state index contributed by atoms with van der Waals surface area (Å²) in [6.45, 7) is 7.06. The van der Waals surface area contributed by atoms with Crippen LogP contribution >= 0.6 is 0 Å². The third-order valence-electron chi connectivity index (χ3n) is 6.23. The van der Waals surface area contributed by atoms with E-state index in [2.05, 4.69) is 40.2 Å². The predicted octanol–water partition coefficient (Wildman–Crippen LogP) is 2.76. The Morgan fingerprint density at radius 2 is 1.91 bits per heavy atom. The van der Waals surface area contributed by atoms with Gasteiger partial charge in [-0.2, -0.15) is 10.4 Å². The molecule has 0 bridgehead atoms. The number of nitriles is 1. The summed E-state index contributed by atoms with van der Waals surface area (Å²) in [5, 5.41) is 22.3. The summed E-state index contributed by atoms with van der Waals surface area (Å²) in [4.78, 5) is 21.3. The van der Waals surface area contributed by atoms with Gasteiger partial charge in [-0.1, -0.05) is 19.1 Å². The number of amides is 1. The molecular formula is C25H27N9O. The topological polar surface area (TPSA) is 108 Å². The van der Waals surface area contributed by atoms with Crippen molar-refractivity contribution in [3.8, 4) is 28.5 Å². The third-order valence-corrected chi connectivity index (χ3v) is 6.23. The van der Waals surface area contributed by atoms with E-state index >= 15 is 0 Å². The van der Waals surface area contributed by atoms with Gasteiger partial charge in [0, 0.05) is 68.7 Å². The predicted molar refractivity (Wildman–Crippen MR) is 131 cm³/mol. The van der Waals surface area contributed by atoms with E-state index in [1.165, 1.54) is 0 Å². The first-order valence-corrected chi connectivity index (χ1v) is 11.7. The molecule has 0 radical (unpaired) electrons. The zero-order valence-corrected chi connectivity index (χ0v) is 20.1. The van der Waals surface area contributed by atoms with Crippen LogP contribution in [0.2, 0.25) is 0 Å². The molecule has 1 fully saturated rings. The van der Waals surface area contributed by atoms with Gasteiger partial charge in [-0.05, 0) is 24.1 Å². The molecule has 0 N–H and O–H groups in total. The standard InChI is InChI=1S/C25H27N9O/c1-17(2)10-24(35)33-8-6-32(7-9-33)23-5-4-18(13-27-23)21-11-19(22-16-31(3)30-29-22)15-34-25(21)20(12-26)14-28-34/h4-5,11,13-17H,6-10H2,1-3H3. The highest BCUT2D eigenvalue weighted by molar-refractivity contribution is 5.87. The molecule has 1 amide bonds. The van der Waals surface area contributed by atoms with Crippen molar-refractivity contribution >= 4 is 17.2 Å². The van der Waals surface area contributed by atoms with E-state index < -0.39 is 0 Å². The van der Waals surface area contributed by atoms with Crippen LogP contribution in [0.15, 0.2) is 43.0 Å². The van der Waals surface area contributed by atoms with Gasteiger partial charge >= 0.3 is 0 Å². The van der Waals surface area contributed by atoms with Crippen molar-refractivity contribution in [1.82, 2.24) is 34.5 Å². The smallest absolute Gasteiger partial charge is 0.222 e. The van der Waals surface area contributed by atoms with Crippen LogP contribution in [-0.4, -0.2) is 66.6 Å². The van der Waals surface area contributed by atoms with Crippen molar-refractivity contribution in [2.45, 2.75) is 20.3 Å². The summed E-state index contributed by atoms with van der Waals surface area (Å²) < 4.78 is 3.36. The molecule has 0 spiro atoms. The molecule has 0 aliphatic carbocycles. The van der Waals surface area contributed by atoms with Crippen LogP contribution < -0.4 is 4.90 Å². The molecule has 5 rings (SSSR count). The van der Waals surface area contributed by atoms with Gasteiger partial charge < -0.3 is 9.80 Å². The number of rotatable bonds is 5. The molecule has 35 heavy (non-hydrogen) atoms. The molecule has 0 unspecified atom stereocenters. The lowest BCUT2D eigenvalue weighted by atomic mass is 10.0. The molecule has 0 atom stereocenters. The third kappa shape index (κ3) is 4.45. The Balaban J connectivity index is 1.42. The first-order chi connectivity index (χ1) is 16.9. The molecule has 1 aliphatic rings. The summed E-state index contributed by atoms with van der Waals surface area (Å²) in [6, 6.07) is 8.24. The van der Waals surface area contributed by atoms with Crippen LogP contribution in [-0.2, 0) is 11.8 Å². The second kappa shape index (κ2) is 9.18. The summed E-state index contributed by atoms with van der Waals surface area (Å²) in [5.41, 5.74) is 4.53. The fourth-order valence-corrected chi connectivity index (χ4v) is 4.44. The van der Waals surface area contributed by atoms with E-state index in [9.17, 15) is 10.1 Å². The lowest BCUT2D eigenvalue weighted by molar-refractivity contribution is -0.132. The molecule has 5 heterocycles. The summed E-state index contributed by atoms with van der Waals surface area (Å²) in [6.07, 6.45) is 7.68. The van der Waals surface area contributed by atoms with Gasteiger partial charge in [0.1, 0.15) is 17.6 Å². The number of nitrogens with zero attached hydrogens (tertiary/aromatic N) is 9. The lowest BCUT2D eigenvalue weighted by Crippen LogP contribution is -2.49. The van der Waals surface area contributed by atoms with E-state index in [4.69, 9.17) is 4.98 Å². The van der Waals surface area contributed by atoms with Gasteiger partial charge in [-0.25, -0.2) is 9.50 Å². The molecule has 4 aromatic rings. The Morgan fingerprint density at radius 3 is 2.54 bits per heavy atom. The number of carbonyl (C=O) groups is 1. The Bertz CT molecular complexity index is 1400. The Kier molecular flexibility index (Phi) is 5.91. The van der Waals surface area contributed by atoms with Gasteiger partial charge in [-0.3, -0.25) is 9.48 Å². The van der Waals surface area contributed by atoms with Crippen LogP contribution in [0.5, 0.6) is 0 Å². The molecule has 1 aliphatic heterocycles. The van der Waals surface area contributed by atoms with Crippen molar-refractivity contribution in [3.63, 3.8) is 0 Å². The number of carbonyl (C=O) groups excluding carboxylic acids is 1. The Labute approximate surface area is 203 Å². The number of pyridine rings is 2. The Morgan fingerprint density at radius 1 is 1.11 bits per heavy atom.